The van der Waals surface area contributed by atoms with Crippen LogP contribution in [-0.2, 0) is 19.1 Å². The smallest absolute Gasteiger partial charge is 0.306 e. The molecule has 44 heavy (non-hydrogen) atoms. The molecule has 6 nitrogen and oxygen atoms in total. The average Bonchev–Trinajstić information content (AvgIpc) is 3.00. The van der Waals surface area contributed by atoms with Gasteiger partial charge in [0.05, 0.1) is 12.7 Å². The molecule has 0 amide bonds. The number of rotatable bonds is 29. The molecular weight excluding hydrogens is 552 g/mol. The maximum absolute atomic E-state index is 12.1. The van der Waals surface area contributed by atoms with Crippen LogP contribution in [0, 0.1) is 5.92 Å². The monoisotopic (exact) mass is 616 g/mol. The first-order chi connectivity index (χ1) is 21.4. The predicted octanol–water partition coefficient (Wildman–Crippen LogP) is 9.27. The summed E-state index contributed by atoms with van der Waals surface area (Å²) in [6.45, 7) is 6.14. The second-order valence-corrected chi connectivity index (χ2v) is 11.9. The Hall–Kier alpha value is -2.44. The molecule has 0 aliphatic heterocycles. The molecule has 0 rings (SSSR count). The molecule has 0 aromatic carbocycles. The third kappa shape index (κ3) is 31.0. The maximum atomic E-state index is 12.1. The number of aliphatic hydroxyl groups excluding tert-OH is 2. The van der Waals surface area contributed by atoms with Gasteiger partial charge in [0.15, 0.2) is 6.10 Å². The van der Waals surface area contributed by atoms with Crippen molar-refractivity contribution < 1.29 is 29.3 Å². The van der Waals surface area contributed by atoms with Crippen molar-refractivity contribution in [2.24, 2.45) is 5.92 Å². The summed E-state index contributed by atoms with van der Waals surface area (Å²) >= 11 is 0. The first-order valence-electron chi connectivity index (χ1n) is 17.3. The summed E-state index contributed by atoms with van der Waals surface area (Å²) < 4.78 is 10.5. The number of esters is 2. The van der Waals surface area contributed by atoms with Crippen LogP contribution >= 0.6 is 0 Å². The lowest BCUT2D eigenvalue weighted by molar-refractivity contribution is -0.161. The van der Waals surface area contributed by atoms with E-state index in [1.165, 1.54) is 44.9 Å². The van der Waals surface area contributed by atoms with Crippen molar-refractivity contribution in [3.8, 4) is 0 Å². The molecule has 0 fully saturated rings. The maximum Gasteiger partial charge on any atom is 0.306 e. The third-order valence-electron chi connectivity index (χ3n) is 7.08. The minimum atomic E-state index is -0.813. The second kappa shape index (κ2) is 32.0. The van der Waals surface area contributed by atoms with Gasteiger partial charge in [0.25, 0.3) is 0 Å². The van der Waals surface area contributed by atoms with E-state index in [-0.39, 0.29) is 31.6 Å². The van der Waals surface area contributed by atoms with Crippen molar-refractivity contribution in [1.29, 1.82) is 0 Å². The van der Waals surface area contributed by atoms with Gasteiger partial charge in [-0.05, 0) is 50.9 Å². The summed E-state index contributed by atoms with van der Waals surface area (Å²) in [6, 6.07) is 0. The molecule has 2 N–H and O–H groups in total. The Bertz CT molecular complexity index is 823. The summed E-state index contributed by atoms with van der Waals surface area (Å²) in [6.07, 6.45) is 36.3. The number of ether oxygens (including phenoxy) is 2. The van der Waals surface area contributed by atoms with Crippen LogP contribution in [0.15, 0.2) is 60.8 Å². The van der Waals surface area contributed by atoms with E-state index in [4.69, 9.17) is 9.47 Å². The largest absolute Gasteiger partial charge is 0.462 e. The van der Waals surface area contributed by atoms with E-state index in [0.717, 1.165) is 50.9 Å². The first kappa shape index (κ1) is 41.6. The number of unbranched alkanes of at least 4 members (excludes halogenated alkanes) is 9. The fourth-order valence-corrected chi connectivity index (χ4v) is 4.44. The van der Waals surface area contributed by atoms with E-state index in [1.54, 1.807) is 0 Å². The molecule has 6 heteroatoms. The zero-order valence-electron chi connectivity index (χ0n) is 28.2. The number of hydrogen-bond donors (Lipinski definition) is 2. The highest BCUT2D eigenvalue weighted by atomic mass is 16.6. The number of allylic oxidation sites excluding steroid dienone is 8. The van der Waals surface area contributed by atoms with Crippen LogP contribution in [0.25, 0.3) is 0 Å². The van der Waals surface area contributed by atoms with E-state index < -0.39 is 12.2 Å². The Morgan fingerprint density at radius 2 is 1.30 bits per heavy atom. The van der Waals surface area contributed by atoms with Crippen molar-refractivity contribution in [2.45, 2.75) is 149 Å². The van der Waals surface area contributed by atoms with Gasteiger partial charge in [-0.1, -0.05) is 139 Å². The molecule has 0 aromatic heterocycles. The third-order valence-corrected chi connectivity index (χ3v) is 7.08. The van der Waals surface area contributed by atoms with E-state index in [9.17, 15) is 19.8 Å². The Kier molecular flexibility index (Phi) is 30.2. The Labute approximate surface area is 269 Å². The van der Waals surface area contributed by atoms with Crippen LogP contribution in [0.1, 0.15) is 136 Å². The van der Waals surface area contributed by atoms with Gasteiger partial charge in [0.1, 0.15) is 6.61 Å². The minimum absolute atomic E-state index is 0.102. The van der Waals surface area contributed by atoms with Crippen molar-refractivity contribution in [2.75, 3.05) is 13.2 Å². The molecule has 0 heterocycles. The van der Waals surface area contributed by atoms with E-state index in [2.05, 4.69) is 44.2 Å². The average molecular weight is 617 g/mol. The van der Waals surface area contributed by atoms with Gasteiger partial charge in [-0.2, -0.15) is 0 Å². The van der Waals surface area contributed by atoms with Gasteiger partial charge in [0.2, 0.25) is 0 Å². The lowest BCUT2D eigenvalue weighted by Gasteiger charge is -2.15. The SMILES string of the molecule is CC/C=C\C(O)C/C=C/C=C\C/C=C\C/C=C\CCCC(=O)O[C@@H](CO)COC(=O)CCCCCCCCCCCC(C)C. The van der Waals surface area contributed by atoms with E-state index in [0.29, 0.717) is 19.3 Å². The lowest BCUT2D eigenvalue weighted by Crippen LogP contribution is -2.28. The van der Waals surface area contributed by atoms with Crippen LogP contribution in [0.2, 0.25) is 0 Å². The molecule has 252 valence electrons. The van der Waals surface area contributed by atoms with Gasteiger partial charge in [0, 0.05) is 12.8 Å². The molecule has 2 atom stereocenters. The number of aliphatic hydroxyl groups is 2. The lowest BCUT2D eigenvalue weighted by atomic mass is 10.0. The van der Waals surface area contributed by atoms with Gasteiger partial charge < -0.3 is 19.7 Å². The molecule has 0 saturated heterocycles. The molecule has 0 spiro atoms. The van der Waals surface area contributed by atoms with Crippen LogP contribution in [0.4, 0.5) is 0 Å². The van der Waals surface area contributed by atoms with Gasteiger partial charge in [-0.15, -0.1) is 0 Å². The summed E-state index contributed by atoms with van der Waals surface area (Å²) in [5.41, 5.74) is 0. The molecule has 0 aliphatic carbocycles. The number of carbonyl (C=O) groups excluding carboxylic acids is 2. The van der Waals surface area contributed by atoms with E-state index >= 15 is 0 Å². The summed E-state index contributed by atoms with van der Waals surface area (Å²) in [5, 5.41) is 19.2. The molecule has 0 aromatic rings. The van der Waals surface area contributed by atoms with Crippen LogP contribution in [0.5, 0.6) is 0 Å². The van der Waals surface area contributed by atoms with Crippen LogP contribution in [-0.4, -0.2) is 47.6 Å². The van der Waals surface area contributed by atoms with Gasteiger partial charge >= 0.3 is 11.9 Å². The fraction of sp³-hybridized carbons (Fsp3) is 0.684. The van der Waals surface area contributed by atoms with Crippen molar-refractivity contribution >= 4 is 11.9 Å². The highest BCUT2D eigenvalue weighted by molar-refractivity contribution is 5.70. The van der Waals surface area contributed by atoms with Gasteiger partial charge in [-0.3, -0.25) is 9.59 Å². The van der Waals surface area contributed by atoms with Crippen molar-refractivity contribution in [1.82, 2.24) is 0 Å². The quantitative estimate of drug-likeness (QED) is 0.0377. The summed E-state index contributed by atoms with van der Waals surface area (Å²) in [7, 11) is 0. The molecule has 0 aliphatic rings. The van der Waals surface area contributed by atoms with Gasteiger partial charge in [-0.25, -0.2) is 0 Å². The summed E-state index contributed by atoms with van der Waals surface area (Å²) in [4.78, 5) is 24.1. The highest BCUT2D eigenvalue weighted by Crippen LogP contribution is 2.14. The first-order valence-corrected chi connectivity index (χ1v) is 17.3. The number of hydrogen-bond acceptors (Lipinski definition) is 6. The van der Waals surface area contributed by atoms with Crippen molar-refractivity contribution in [3.63, 3.8) is 0 Å². The van der Waals surface area contributed by atoms with Crippen LogP contribution < -0.4 is 0 Å². The molecule has 0 radical (unpaired) electrons. The van der Waals surface area contributed by atoms with Crippen molar-refractivity contribution in [3.05, 3.63) is 60.8 Å². The zero-order chi connectivity index (χ0) is 32.5. The Balaban J connectivity index is 3.77. The molecule has 0 bridgehead atoms. The number of carbonyl (C=O) groups is 2. The normalized spacial score (nSPS) is 13.8. The second-order valence-electron chi connectivity index (χ2n) is 11.9. The van der Waals surface area contributed by atoms with E-state index in [1.807, 2.05) is 37.3 Å². The Morgan fingerprint density at radius 1 is 0.705 bits per heavy atom. The Morgan fingerprint density at radius 3 is 1.95 bits per heavy atom. The predicted molar refractivity (Wildman–Crippen MR) is 183 cm³/mol. The minimum Gasteiger partial charge on any atom is -0.462 e. The zero-order valence-corrected chi connectivity index (χ0v) is 28.2. The molecule has 0 saturated carbocycles. The van der Waals surface area contributed by atoms with Crippen LogP contribution in [0.3, 0.4) is 0 Å². The summed E-state index contributed by atoms with van der Waals surface area (Å²) in [5.74, 6) is 0.118. The standard InChI is InChI=1S/C38H64O6/c1-4-5-28-35(40)29-24-20-16-12-8-6-7-9-13-18-22-26-31-38(42)44-36(32-39)33-43-37(41)30-25-21-17-14-10-11-15-19-23-27-34(2)3/h5-7,12-13,16,18,20,24,28,34-36,39-40H,4,8-11,14-15,17,19,21-23,25-27,29-33H2,1-3H3/b7-6-,16-12-,18-13-,24-20+,28-5-/t35?,36-/m0/s1. The molecule has 1 unspecified atom stereocenters. The fourth-order valence-electron chi connectivity index (χ4n) is 4.44. The topological polar surface area (TPSA) is 93.1 Å². The highest BCUT2D eigenvalue weighted by Gasteiger charge is 2.15. The molecular formula is C38H64O6.